The molecule has 0 bridgehead atoms. The first-order chi connectivity index (χ1) is 9.31. The molecule has 1 saturated carbocycles. The number of rotatable bonds is 4. The second-order valence-corrected chi connectivity index (χ2v) is 7.62. The number of hydrogen-bond acceptors (Lipinski definition) is 4. The molecular weight excluding hydrogens is 276 g/mol. The zero-order valence-corrected chi connectivity index (χ0v) is 13.2. The molecule has 0 saturated heterocycles. The average Bonchev–Trinajstić information content (AvgIpc) is 2.61. The number of aryl methyl sites for hydroxylation is 1. The quantitative estimate of drug-likeness (QED) is 0.880. The maximum atomic E-state index is 12.4. The third kappa shape index (κ3) is 3.15. The van der Waals surface area contributed by atoms with E-state index in [2.05, 4.69) is 16.7 Å². The van der Waals surface area contributed by atoms with E-state index in [-0.39, 0.29) is 10.7 Å². The SMILES string of the molecule is Cc1c(S(=O)(=O)NCC2CCCC(C)C2)c(N)nn1C. The number of hydrogen-bond donors (Lipinski definition) is 2. The number of nitrogens with two attached hydrogens (primary N) is 1. The van der Waals surface area contributed by atoms with Gasteiger partial charge >= 0.3 is 0 Å². The van der Waals surface area contributed by atoms with Gasteiger partial charge in [0.25, 0.3) is 0 Å². The predicted molar refractivity (Wildman–Crippen MR) is 78.7 cm³/mol. The van der Waals surface area contributed by atoms with E-state index in [1.54, 1.807) is 14.0 Å². The van der Waals surface area contributed by atoms with Gasteiger partial charge in [-0.15, -0.1) is 0 Å². The Labute approximate surface area is 120 Å². The first-order valence-corrected chi connectivity index (χ1v) is 8.58. The first kappa shape index (κ1) is 15.3. The van der Waals surface area contributed by atoms with Gasteiger partial charge in [0.2, 0.25) is 10.0 Å². The molecule has 0 spiro atoms. The van der Waals surface area contributed by atoms with Crippen molar-refractivity contribution < 1.29 is 8.42 Å². The van der Waals surface area contributed by atoms with Gasteiger partial charge in [0, 0.05) is 13.6 Å². The van der Waals surface area contributed by atoms with E-state index in [9.17, 15) is 8.42 Å². The molecule has 1 aromatic rings. The molecule has 1 aromatic heterocycles. The lowest BCUT2D eigenvalue weighted by Crippen LogP contribution is -2.32. The fourth-order valence-electron chi connectivity index (χ4n) is 2.99. The zero-order chi connectivity index (χ0) is 14.9. The molecule has 7 heteroatoms. The summed E-state index contributed by atoms with van der Waals surface area (Å²) in [5.41, 5.74) is 6.27. The second-order valence-electron chi connectivity index (χ2n) is 5.91. The fraction of sp³-hybridized carbons (Fsp3) is 0.769. The number of sulfonamides is 1. The van der Waals surface area contributed by atoms with Crippen molar-refractivity contribution in [3.8, 4) is 0 Å². The Balaban J connectivity index is 2.08. The van der Waals surface area contributed by atoms with Gasteiger partial charge in [-0.05, 0) is 31.6 Å². The summed E-state index contributed by atoms with van der Waals surface area (Å²) >= 11 is 0. The lowest BCUT2D eigenvalue weighted by atomic mass is 9.83. The summed E-state index contributed by atoms with van der Waals surface area (Å²) in [5, 5.41) is 3.96. The van der Waals surface area contributed by atoms with Crippen LogP contribution in [0.4, 0.5) is 5.82 Å². The van der Waals surface area contributed by atoms with E-state index in [1.807, 2.05) is 0 Å². The summed E-state index contributed by atoms with van der Waals surface area (Å²) in [6, 6.07) is 0. The lowest BCUT2D eigenvalue weighted by molar-refractivity contribution is 0.283. The maximum Gasteiger partial charge on any atom is 0.246 e. The minimum atomic E-state index is -3.58. The van der Waals surface area contributed by atoms with Crippen LogP contribution in [-0.4, -0.2) is 24.7 Å². The van der Waals surface area contributed by atoms with Gasteiger partial charge in [-0.3, -0.25) is 4.68 Å². The normalized spacial score (nSPS) is 23.9. The Bertz CT molecular complexity index is 579. The van der Waals surface area contributed by atoms with Crippen LogP contribution in [0, 0.1) is 18.8 Å². The molecule has 3 N–H and O–H groups in total. The molecule has 6 nitrogen and oxygen atoms in total. The molecule has 2 rings (SSSR count). The molecule has 2 unspecified atom stereocenters. The largest absolute Gasteiger partial charge is 0.381 e. The van der Waals surface area contributed by atoms with E-state index >= 15 is 0 Å². The van der Waals surface area contributed by atoms with Crippen molar-refractivity contribution in [2.24, 2.45) is 18.9 Å². The van der Waals surface area contributed by atoms with Crippen LogP contribution in [0.2, 0.25) is 0 Å². The Kier molecular flexibility index (Phi) is 4.39. The molecule has 0 amide bonds. The summed E-state index contributed by atoms with van der Waals surface area (Å²) in [4.78, 5) is 0.115. The van der Waals surface area contributed by atoms with E-state index in [0.29, 0.717) is 24.1 Å². The Morgan fingerprint density at radius 1 is 1.45 bits per heavy atom. The van der Waals surface area contributed by atoms with E-state index < -0.39 is 10.0 Å². The minimum Gasteiger partial charge on any atom is -0.381 e. The van der Waals surface area contributed by atoms with E-state index in [4.69, 9.17) is 5.73 Å². The number of nitrogens with zero attached hydrogens (tertiary/aromatic N) is 2. The van der Waals surface area contributed by atoms with Crippen LogP contribution in [0.15, 0.2) is 4.90 Å². The van der Waals surface area contributed by atoms with Gasteiger partial charge in [0.1, 0.15) is 4.90 Å². The van der Waals surface area contributed by atoms with Gasteiger partial charge < -0.3 is 5.73 Å². The molecule has 0 radical (unpaired) electrons. The Hall–Kier alpha value is -1.08. The number of aromatic nitrogens is 2. The summed E-state index contributed by atoms with van der Waals surface area (Å²) in [5.74, 6) is 1.17. The monoisotopic (exact) mass is 300 g/mol. The van der Waals surface area contributed by atoms with Crippen molar-refractivity contribution in [2.75, 3.05) is 12.3 Å². The van der Waals surface area contributed by atoms with Gasteiger partial charge in [-0.2, -0.15) is 5.10 Å². The highest BCUT2D eigenvalue weighted by atomic mass is 32.2. The highest BCUT2D eigenvalue weighted by Gasteiger charge is 2.26. The van der Waals surface area contributed by atoms with Gasteiger partial charge in [0.15, 0.2) is 5.82 Å². The highest BCUT2D eigenvalue weighted by Crippen LogP contribution is 2.28. The van der Waals surface area contributed by atoms with Crippen LogP contribution in [0.5, 0.6) is 0 Å². The Morgan fingerprint density at radius 2 is 2.15 bits per heavy atom. The van der Waals surface area contributed by atoms with Crippen molar-refractivity contribution in [1.82, 2.24) is 14.5 Å². The van der Waals surface area contributed by atoms with Gasteiger partial charge in [-0.1, -0.05) is 19.8 Å². The zero-order valence-electron chi connectivity index (χ0n) is 12.4. The molecular formula is C13H24N4O2S. The summed E-state index contributed by atoms with van der Waals surface area (Å²) < 4.78 is 28.9. The lowest BCUT2D eigenvalue weighted by Gasteiger charge is -2.26. The summed E-state index contributed by atoms with van der Waals surface area (Å²) in [7, 11) is -1.89. The second kappa shape index (κ2) is 5.73. The molecule has 20 heavy (non-hydrogen) atoms. The summed E-state index contributed by atoms with van der Waals surface area (Å²) in [6.07, 6.45) is 4.61. The average molecular weight is 300 g/mol. The van der Waals surface area contributed by atoms with Crippen LogP contribution in [0.1, 0.15) is 38.3 Å². The standard InChI is InChI=1S/C13H24N4O2S/c1-9-5-4-6-11(7-9)8-15-20(18,19)12-10(2)17(3)16-13(12)14/h9,11,15H,4-8H2,1-3H3,(H2,14,16). The number of nitrogen functional groups attached to an aromatic ring is 1. The van der Waals surface area contributed by atoms with Crippen LogP contribution < -0.4 is 10.5 Å². The van der Waals surface area contributed by atoms with E-state index in [1.165, 1.54) is 17.5 Å². The highest BCUT2D eigenvalue weighted by molar-refractivity contribution is 7.89. The van der Waals surface area contributed by atoms with E-state index in [0.717, 1.165) is 12.8 Å². The molecule has 0 aliphatic heterocycles. The van der Waals surface area contributed by atoms with Gasteiger partial charge in [-0.25, -0.2) is 13.1 Å². The number of nitrogens with one attached hydrogen (secondary N) is 1. The molecule has 1 aliphatic carbocycles. The molecule has 1 fully saturated rings. The topological polar surface area (TPSA) is 90.0 Å². The molecule has 1 heterocycles. The fourth-order valence-corrected chi connectivity index (χ4v) is 4.43. The third-order valence-electron chi connectivity index (χ3n) is 4.18. The molecule has 0 aromatic carbocycles. The summed E-state index contributed by atoms with van der Waals surface area (Å²) in [6.45, 7) is 4.42. The van der Waals surface area contributed by atoms with Crippen LogP contribution in [0.25, 0.3) is 0 Å². The molecule has 114 valence electrons. The molecule has 1 aliphatic rings. The van der Waals surface area contributed by atoms with Crippen LogP contribution >= 0.6 is 0 Å². The van der Waals surface area contributed by atoms with Crippen molar-refractivity contribution in [2.45, 2.75) is 44.4 Å². The third-order valence-corrected chi connectivity index (χ3v) is 5.77. The van der Waals surface area contributed by atoms with Crippen LogP contribution in [0.3, 0.4) is 0 Å². The Morgan fingerprint density at radius 3 is 2.70 bits per heavy atom. The smallest absolute Gasteiger partial charge is 0.246 e. The predicted octanol–water partition coefficient (Wildman–Crippen LogP) is 1.42. The first-order valence-electron chi connectivity index (χ1n) is 7.10. The van der Waals surface area contributed by atoms with Crippen molar-refractivity contribution in [3.63, 3.8) is 0 Å². The minimum absolute atomic E-state index is 0.0644. The van der Waals surface area contributed by atoms with Crippen molar-refractivity contribution in [3.05, 3.63) is 5.69 Å². The van der Waals surface area contributed by atoms with Crippen LogP contribution in [-0.2, 0) is 17.1 Å². The van der Waals surface area contributed by atoms with Crippen molar-refractivity contribution >= 4 is 15.8 Å². The van der Waals surface area contributed by atoms with Gasteiger partial charge in [0.05, 0.1) is 5.69 Å². The molecule has 2 atom stereocenters. The maximum absolute atomic E-state index is 12.4. The van der Waals surface area contributed by atoms with Crippen molar-refractivity contribution in [1.29, 1.82) is 0 Å². The number of anilines is 1.